The van der Waals surface area contributed by atoms with E-state index in [-0.39, 0.29) is 12.5 Å². The minimum absolute atomic E-state index is 0.194. The maximum absolute atomic E-state index is 12.1. The Labute approximate surface area is 126 Å². The molecule has 1 aromatic heterocycles. The van der Waals surface area contributed by atoms with Crippen LogP contribution in [-0.4, -0.2) is 55.8 Å². The van der Waals surface area contributed by atoms with Gasteiger partial charge >= 0.3 is 0 Å². The summed E-state index contributed by atoms with van der Waals surface area (Å²) in [7, 11) is 0. The predicted octanol–water partition coefficient (Wildman–Crippen LogP) is 0.710. The molecule has 8 heteroatoms. The van der Waals surface area contributed by atoms with Gasteiger partial charge in [-0.2, -0.15) is 17.0 Å². The van der Waals surface area contributed by atoms with E-state index in [1.54, 1.807) is 31.2 Å². The molecule has 7 nitrogen and oxygen atoms in total. The van der Waals surface area contributed by atoms with Gasteiger partial charge in [0, 0.05) is 23.4 Å². The van der Waals surface area contributed by atoms with Crippen molar-refractivity contribution in [1.82, 2.24) is 25.9 Å². The van der Waals surface area contributed by atoms with Crippen LogP contribution in [0.3, 0.4) is 0 Å². The number of nitrogens with zero attached hydrogens (tertiary/aromatic N) is 3. The van der Waals surface area contributed by atoms with E-state index >= 15 is 0 Å². The molecule has 1 aromatic carbocycles. The Morgan fingerprint density at radius 3 is 3.00 bits per heavy atom. The van der Waals surface area contributed by atoms with Gasteiger partial charge in [-0.25, -0.2) is 0 Å². The van der Waals surface area contributed by atoms with Crippen LogP contribution in [0.2, 0.25) is 0 Å². The van der Waals surface area contributed by atoms with Gasteiger partial charge < -0.3 is 10.4 Å². The lowest BCUT2D eigenvalue weighted by Crippen LogP contribution is -2.42. The predicted molar refractivity (Wildman–Crippen MR) is 81.0 cm³/mol. The fourth-order valence-electron chi connectivity index (χ4n) is 1.82. The van der Waals surface area contributed by atoms with Crippen molar-refractivity contribution in [2.45, 2.75) is 12.5 Å². The normalized spacial score (nSPS) is 13.7. The average Bonchev–Trinajstić information content (AvgIpc) is 2.99. The van der Waals surface area contributed by atoms with Gasteiger partial charge in [0.15, 0.2) is 0 Å². The molecule has 2 aromatic rings. The first-order chi connectivity index (χ1) is 10.0. The summed E-state index contributed by atoms with van der Waals surface area (Å²) in [6.07, 6.45) is 1.91. The first-order valence-corrected chi connectivity index (χ1v) is 7.74. The second kappa shape index (κ2) is 6.68. The van der Waals surface area contributed by atoms with Crippen molar-refractivity contribution in [2.24, 2.45) is 0 Å². The van der Waals surface area contributed by atoms with Crippen molar-refractivity contribution < 1.29 is 9.90 Å². The van der Waals surface area contributed by atoms with Crippen LogP contribution in [0.1, 0.15) is 17.3 Å². The monoisotopic (exact) mass is 307 g/mol. The molecule has 2 rings (SSSR count). The van der Waals surface area contributed by atoms with Crippen LogP contribution in [-0.2, 0) is 0 Å². The summed E-state index contributed by atoms with van der Waals surface area (Å²) in [5.41, 5.74) is 0.255. The Balaban J connectivity index is 2.05. The molecule has 1 unspecified atom stereocenters. The number of aromatic nitrogens is 4. The van der Waals surface area contributed by atoms with E-state index in [4.69, 9.17) is 0 Å². The number of carbonyl (C=O) groups excluding carboxylic acids is 1. The number of tetrazole rings is 1. The first-order valence-electron chi connectivity index (χ1n) is 6.35. The number of thioether (sulfide) groups is 1. The second-order valence-electron chi connectivity index (χ2n) is 4.93. The van der Waals surface area contributed by atoms with E-state index in [9.17, 15) is 9.90 Å². The summed E-state index contributed by atoms with van der Waals surface area (Å²) >= 11 is 1.53. The zero-order valence-electron chi connectivity index (χ0n) is 11.8. The van der Waals surface area contributed by atoms with Gasteiger partial charge in [-0.05, 0) is 30.5 Å². The van der Waals surface area contributed by atoms with Gasteiger partial charge in [0.2, 0.25) is 5.82 Å². The molecule has 0 bridgehead atoms. The zero-order valence-corrected chi connectivity index (χ0v) is 12.6. The van der Waals surface area contributed by atoms with E-state index in [2.05, 4.69) is 25.9 Å². The highest BCUT2D eigenvalue weighted by molar-refractivity contribution is 7.98. The standard InChI is InChI=1S/C13H17N5O2S/c1-13(20,8-21-2)7-14-12(19)10-5-3-4-9(6-10)11-15-17-18-16-11/h3-6,20H,7-8H2,1-2H3,(H,14,19)(H,15,16,17,18). The summed E-state index contributed by atoms with van der Waals surface area (Å²) in [5, 5.41) is 26.4. The Morgan fingerprint density at radius 2 is 2.33 bits per heavy atom. The second-order valence-corrected chi connectivity index (χ2v) is 5.79. The Bertz CT molecular complexity index is 600. The zero-order chi connectivity index (χ0) is 15.3. The fourth-order valence-corrected chi connectivity index (χ4v) is 2.54. The molecule has 1 amide bonds. The molecule has 0 aliphatic rings. The summed E-state index contributed by atoms with van der Waals surface area (Å²) in [5.74, 6) is 0.733. The topological polar surface area (TPSA) is 104 Å². The number of hydrogen-bond acceptors (Lipinski definition) is 6. The van der Waals surface area contributed by atoms with Gasteiger partial charge in [-0.1, -0.05) is 12.1 Å². The summed E-state index contributed by atoms with van der Waals surface area (Å²) in [6, 6.07) is 6.93. The molecule has 112 valence electrons. The molecule has 21 heavy (non-hydrogen) atoms. The Kier molecular flexibility index (Phi) is 4.92. The maximum Gasteiger partial charge on any atom is 0.251 e. The van der Waals surface area contributed by atoms with Gasteiger partial charge in [0.25, 0.3) is 5.91 Å². The summed E-state index contributed by atoms with van der Waals surface area (Å²) < 4.78 is 0. The number of rotatable bonds is 6. The highest BCUT2D eigenvalue weighted by Crippen LogP contribution is 2.15. The number of H-pyrrole nitrogens is 1. The fraction of sp³-hybridized carbons (Fsp3) is 0.385. The van der Waals surface area contributed by atoms with Gasteiger partial charge in [0.1, 0.15) is 0 Å². The lowest BCUT2D eigenvalue weighted by atomic mass is 10.1. The third-order valence-electron chi connectivity index (χ3n) is 2.81. The molecule has 1 atom stereocenters. The minimum Gasteiger partial charge on any atom is -0.387 e. The number of carbonyl (C=O) groups is 1. The smallest absolute Gasteiger partial charge is 0.251 e. The minimum atomic E-state index is -0.930. The van der Waals surface area contributed by atoms with E-state index in [0.717, 1.165) is 0 Å². The number of aromatic amines is 1. The highest BCUT2D eigenvalue weighted by Gasteiger charge is 2.21. The molecule has 1 heterocycles. The molecular formula is C13H17N5O2S. The van der Waals surface area contributed by atoms with Gasteiger partial charge in [0.05, 0.1) is 5.60 Å². The summed E-state index contributed by atoms with van der Waals surface area (Å²) in [4.78, 5) is 12.1. The first kappa shape index (κ1) is 15.5. The van der Waals surface area contributed by atoms with E-state index in [1.165, 1.54) is 11.8 Å². The van der Waals surface area contributed by atoms with Gasteiger partial charge in [-0.15, -0.1) is 10.2 Å². The molecule has 0 saturated heterocycles. The quantitative estimate of drug-likeness (QED) is 0.726. The lowest BCUT2D eigenvalue weighted by molar-refractivity contribution is 0.0725. The van der Waals surface area contributed by atoms with Crippen LogP contribution < -0.4 is 5.32 Å². The molecular weight excluding hydrogens is 290 g/mol. The van der Waals surface area contributed by atoms with Crippen LogP contribution in [0, 0.1) is 0 Å². The number of benzene rings is 1. The van der Waals surface area contributed by atoms with Crippen molar-refractivity contribution in [1.29, 1.82) is 0 Å². The van der Waals surface area contributed by atoms with Gasteiger partial charge in [-0.3, -0.25) is 4.79 Å². The van der Waals surface area contributed by atoms with Crippen LogP contribution in [0.15, 0.2) is 24.3 Å². The van der Waals surface area contributed by atoms with Crippen molar-refractivity contribution >= 4 is 17.7 Å². The van der Waals surface area contributed by atoms with Crippen molar-refractivity contribution in [3.05, 3.63) is 29.8 Å². The van der Waals surface area contributed by atoms with Crippen molar-refractivity contribution in [2.75, 3.05) is 18.6 Å². The van der Waals surface area contributed by atoms with E-state index in [1.807, 2.05) is 6.26 Å². The van der Waals surface area contributed by atoms with E-state index in [0.29, 0.717) is 22.7 Å². The average molecular weight is 307 g/mol. The molecule has 0 saturated carbocycles. The number of nitrogens with one attached hydrogen (secondary N) is 2. The SMILES string of the molecule is CSCC(C)(O)CNC(=O)c1cccc(-c2nn[nH]n2)c1. The van der Waals surface area contributed by atoms with Crippen LogP contribution in [0.5, 0.6) is 0 Å². The molecule has 0 fully saturated rings. The van der Waals surface area contributed by atoms with Crippen LogP contribution >= 0.6 is 11.8 Å². The lowest BCUT2D eigenvalue weighted by Gasteiger charge is -2.22. The van der Waals surface area contributed by atoms with Crippen molar-refractivity contribution in [3.63, 3.8) is 0 Å². The van der Waals surface area contributed by atoms with Crippen LogP contribution in [0.25, 0.3) is 11.4 Å². The third kappa shape index (κ3) is 4.27. The van der Waals surface area contributed by atoms with Crippen molar-refractivity contribution in [3.8, 4) is 11.4 Å². The number of hydrogen-bond donors (Lipinski definition) is 3. The Morgan fingerprint density at radius 1 is 1.52 bits per heavy atom. The largest absolute Gasteiger partial charge is 0.387 e. The molecule has 0 spiro atoms. The molecule has 3 N–H and O–H groups in total. The molecule has 0 radical (unpaired) electrons. The number of aliphatic hydroxyl groups is 1. The molecule has 0 aliphatic heterocycles. The number of amides is 1. The third-order valence-corrected chi connectivity index (χ3v) is 3.72. The highest BCUT2D eigenvalue weighted by atomic mass is 32.2. The van der Waals surface area contributed by atoms with E-state index < -0.39 is 5.60 Å². The maximum atomic E-state index is 12.1. The van der Waals surface area contributed by atoms with Crippen LogP contribution in [0.4, 0.5) is 0 Å². The summed E-state index contributed by atoms with van der Waals surface area (Å²) in [6.45, 7) is 1.89. The molecule has 0 aliphatic carbocycles. The Hall–Kier alpha value is -1.93.